The first-order chi connectivity index (χ1) is 20.2. The van der Waals surface area contributed by atoms with E-state index in [0.29, 0.717) is 23.8 Å². The largest absolute Gasteiger partial charge is 0.457 e. The Morgan fingerprint density at radius 3 is 2.76 bits per heavy atom. The first-order valence-corrected chi connectivity index (χ1v) is 13.8. The molecule has 10 nitrogen and oxygen atoms in total. The quantitative estimate of drug-likeness (QED) is 0.256. The lowest BCUT2D eigenvalue weighted by molar-refractivity contribution is 0.0261. The zero-order valence-electron chi connectivity index (χ0n) is 24.0. The van der Waals surface area contributed by atoms with Gasteiger partial charge in [0, 0.05) is 35.4 Å². The van der Waals surface area contributed by atoms with Crippen molar-refractivity contribution in [2.24, 2.45) is 0 Å². The van der Waals surface area contributed by atoms with Crippen LogP contribution in [0.1, 0.15) is 44.7 Å². The number of amides is 1. The van der Waals surface area contributed by atoms with Crippen LogP contribution in [0, 0.1) is 18.8 Å². The number of rotatable bonds is 4. The molecule has 3 aromatic heterocycles. The number of benzene rings is 2. The fourth-order valence-corrected chi connectivity index (χ4v) is 4.82. The van der Waals surface area contributed by atoms with Crippen molar-refractivity contribution in [2.75, 3.05) is 11.9 Å². The van der Waals surface area contributed by atoms with E-state index in [1.165, 1.54) is 12.7 Å². The van der Waals surface area contributed by atoms with Crippen molar-refractivity contribution in [1.82, 2.24) is 29.5 Å². The molecule has 1 N–H and O–H groups in total. The zero-order chi connectivity index (χ0) is 29.3. The van der Waals surface area contributed by atoms with E-state index in [1.54, 1.807) is 9.42 Å². The highest BCUT2D eigenvalue weighted by atomic mass is 16.6. The number of hydrogen-bond acceptors (Lipinski definition) is 8. The number of carbonyl (C=O) groups excluding carboxylic acids is 1. The second-order valence-corrected chi connectivity index (χ2v) is 11.2. The highest BCUT2D eigenvalue weighted by Crippen LogP contribution is 2.30. The van der Waals surface area contributed by atoms with E-state index in [1.807, 2.05) is 82.4 Å². The van der Waals surface area contributed by atoms with Gasteiger partial charge in [0.05, 0.1) is 11.6 Å². The Labute approximate surface area is 243 Å². The Balaban J connectivity index is 1.20. The predicted molar refractivity (Wildman–Crippen MR) is 160 cm³/mol. The van der Waals surface area contributed by atoms with E-state index in [9.17, 15) is 4.79 Å². The number of fused-ring (bicyclic) bond motifs is 2. The van der Waals surface area contributed by atoms with Crippen LogP contribution >= 0.6 is 0 Å². The Hall–Kier alpha value is -5.17. The number of pyridine rings is 1. The third-order valence-corrected chi connectivity index (χ3v) is 6.82. The van der Waals surface area contributed by atoms with E-state index < -0.39 is 5.60 Å². The van der Waals surface area contributed by atoms with Crippen LogP contribution < -0.4 is 10.1 Å². The lowest BCUT2D eigenvalue weighted by Crippen LogP contribution is -2.39. The monoisotopic (exact) mass is 561 g/mol. The van der Waals surface area contributed by atoms with Crippen LogP contribution in [0.3, 0.4) is 0 Å². The van der Waals surface area contributed by atoms with Gasteiger partial charge in [0.25, 0.3) is 0 Å². The summed E-state index contributed by atoms with van der Waals surface area (Å²) in [6.45, 7) is 8.25. The molecule has 5 aromatic rings. The molecule has 4 heterocycles. The van der Waals surface area contributed by atoms with Gasteiger partial charge in [-0.05, 0) is 88.6 Å². The second-order valence-electron chi connectivity index (χ2n) is 11.2. The number of likely N-dealkylation sites (tertiary alicyclic amines) is 1. The zero-order valence-corrected chi connectivity index (χ0v) is 24.0. The number of anilines is 2. The summed E-state index contributed by atoms with van der Waals surface area (Å²) in [4.78, 5) is 27.5. The summed E-state index contributed by atoms with van der Waals surface area (Å²) < 4.78 is 13.4. The van der Waals surface area contributed by atoms with Gasteiger partial charge in [-0.2, -0.15) is 5.10 Å². The molecular weight excluding hydrogens is 530 g/mol. The molecule has 212 valence electrons. The van der Waals surface area contributed by atoms with E-state index >= 15 is 0 Å². The van der Waals surface area contributed by atoms with Gasteiger partial charge in [0.2, 0.25) is 0 Å². The Kier molecular flexibility index (Phi) is 7.08. The number of aryl methyl sites for hydroxylation is 1. The van der Waals surface area contributed by atoms with Crippen LogP contribution in [-0.4, -0.2) is 53.7 Å². The van der Waals surface area contributed by atoms with Crippen molar-refractivity contribution < 1.29 is 14.3 Å². The summed E-state index contributed by atoms with van der Waals surface area (Å²) in [5.41, 5.74) is 3.61. The molecule has 1 aliphatic heterocycles. The number of nitrogens with zero attached hydrogens (tertiary/aromatic N) is 6. The molecule has 10 heteroatoms. The molecule has 2 aromatic carbocycles. The molecule has 1 atom stereocenters. The van der Waals surface area contributed by atoms with Gasteiger partial charge in [-0.15, -0.1) is 0 Å². The van der Waals surface area contributed by atoms with Crippen molar-refractivity contribution in [3.8, 4) is 23.3 Å². The van der Waals surface area contributed by atoms with Gasteiger partial charge in [0.1, 0.15) is 35.6 Å². The average Bonchev–Trinajstić information content (AvgIpc) is 3.62. The summed E-state index contributed by atoms with van der Waals surface area (Å²) in [6, 6.07) is 15.2. The molecule has 42 heavy (non-hydrogen) atoms. The molecular formula is C32H31N7O3. The van der Waals surface area contributed by atoms with Crippen molar-refractivity contribution >= 4 is 34.1 Å². The third kappa shape index (κ3) is 5.95. The summed E-state index contributed by atoms with van der Waals surface area (Å²) in [7, 11) is 0. The molecule has 0 unspecified atom stereocenters. The predicted octanol–water partition coefficient (Wildman–Crippen LogP) is 6.27. The normalized spacial score (nSPS) is 15.0. The fourth-order valence-electron chi connectivity index (χ4n) is 4.82. The minimum Gasteiger partial charge on any atom is -0.457 e. The lowest BCUT2D eigenvalue weighted by atomic mass is 10.1. The van der Waals surface area contributed by atoms with Crippen LogP contribution in [0.4, 0.5) is 16.3 Å². The van der Waals surface area contributed by atoms with Gasteiger partial charge in [-0.1, -0.05) is 11.8 Å². The Morgan fingerprint density at radius 2 is 1.93 bits per heavy atom. The maximum atomic E-state index is 12.6. The summed E-state index contributed by atoms with van der Waals surface area (Å²) >= 11 is 0. The molecule has 1 amide bonds. The Bertz CT molecular complexity index is 1850. The average molecular weight is 562 g/mol. The number of ether oxygens (including phenoxy) is 2. The number of nitrogens with one attached hydrogen (secondary N) is 1. The van der Waals surface area contributed by atoms with Crippen molar-refractivity contribution in [3.05, 3.63) is 78.5 Å². The number of hydrogen-bond donors (Lipinski definition) is 1. The molecule has 0 aliphatic carbocycles. The topological polar surface area (TPSA) is 107 Å². The van der Waals surface area contributed by atoms with E-state index in [4.69, 9.17) is 9.47 Å². The van der Waals surface area contributed by atoms with Gasteiger partial charge in [-0.25, -0.2) is 24.3 Å². The molecule has 1 fully saturated rings. The lowest BCUT2D eigenvalue weighted by Gasteiger charge is -2.26. The van der Waals surface area contributed by atoms with Gasteiger partial charge in [-0.3, -0.25) is 4.90 Å². The van der Waals surface area contributed by atoms with Gasteiger partial charge in [0.15, 0.2) is 5.65 Å². The SMILES string of the molecule is Cc1cc(Nc2ncnc3ccc(C#C[C@H]4CCCN4C(=O)OC(C)(C)C)cc23)ccc1Oc1ccn2ncnc2c1. The van der Waals surface area contributed by atoms with Gasteiger partial charge < -0.3 is 14.8 Å². The van der Waals surface area contributed by atoms with Crippen molar-refractivity contribution in [3.63, 3.8) is 0 Å². The number of carbonyl (C=O) groups is 1. The fraction of sp³-hybridized carbons (Fsp3) is 0.281. The third-order valence-electron chi connectivity index (χ3n) is 6.82. The second kappa shape index (κ2) is 11.0. The van der Waals surface area contributed by atoms with Crippen LogP contribution in [0.15, 0.2) is 67.4 Å². The highest BCUT2D eigenvalue weighted by molar-refractivity contribution is 5.91. The van der Waals surface area contributed by atoms with E-state index in [2.05, 4.69) is 37.2 Å². The summed E-state index contributed by atoms with van der Waals surface area (Å²) in [5.74, 6) is 8.63. The van der Waals surface area contributed by atoms with E-state index in [-0.39, 0.29) is 12.1 Å². The van der Waals surface area contributed by atoms with Crippen LogP contribution in [0.2, 0.25) is 0 Å². The van der Waals surface area contributed by atoms with E-state index in [0.717, 1.165) is 46.3 Å². The molecule has 0 radical (unpaired) electrons. The molecule has 1 aliphatic rings. The van der Waals surface area contributed by atoms with Crippen molar-refractivity contribution in [1.29, 1.82) is 0 Å². The first-order valence-electron chi connectivity index (χ1n) is 13.8. The summed E-state index contributed by atoms with van der Waals surface area (Å²) in [6.07, 6.45) is 6.27. The van der Waals surface area contributed by atoms with Crippen LogP contribution in [-0.2, 0) is 4.74 Å². The maximum Gasteiger partial charge on any atom is 0.411 e. The van der Waals surface area contributed by atoms with Gasteiger partial charge >= 0.3 is 6.09 Å². The number of aromatic nitrogens is 5. The molecule has 0 spiro atoms. The minimum absolute atomic E-state index is 0.179. The molecule has 1 saturated heterocycles. The standard InChI is InChI=1S/C32H31N7O3/c1-21-16-23(9-12-28(21)41-25-13-15-39-29(18-25)34-20-36-39)37-30-26-17-22(8-11-27(26)33-19-35-30)7-10-24-6-5-14-38(24)31(40)42-32(2,3)4/h8-9,11-13,15-20,24H,5-6,14H2,1-4H3,(H,33,35,37)/t24-/m1/s1. The minimum atomic E-state index is -0.543. The van der Waals surface area contributed by atoms with Crippen LogP contribution in [0.5, 0.6) is 11.5 Å². The summed E-state index contributed by atoms with van der Waals surface area (Å²) in [5, 5.41) is 8.38. The highest BCUT2D eigenvalue weighted by Gasteiger charge is 2.31. The first kappa shape index (κ1) is 27.0. The molecule has 0 saturated carbocycles. The molecule has 0 bridgehead atoms. The van der Waals surface area contributed by atoms with Crippen LogP contribution in [0.25, 0.3) is 16.6 Å². The van der Waals surface area contributed by atoms with Crippen molar-refractivity contribution in [2.45, 2.75) is 52.2 Å². The smallest absolute Gasteiger partial charge is 0.411 e. The Morgan fingerprint density at radius 1 is 1.05 bits per heavy atom. The molecule has 6 rings (SSSR count). The maximum absolute atomic E-state index is 12.6.